The standard InChI is InChI=1S/C9H18N2O/c1-4-5-8(11-3)6-7(2)9(10)12/h6,8,11H,4-5H2,1-3H3,(H2,10,12). The number of carbonyl (C=O) groups is 1. The maximum Gasteiger partial charge on any atom is 0.244 e. The minimum Gasteiger partial charge on any atom is -0.366 e. The van der Waals surface area contributed by atoms with Crippen molar-refractivity contribution in [3.63, 3.8) is 0 Å². The van der Waals surface area contributed by atoms with Gasteiger partial charge < -0.3 is 11.1 Å². The van der Waals surface area contributed by atoms with Crippen molar-refractivity contribution in [2.45, 2.75) is 32.7 Å². The summed E-state index contributed by atoms with van der Waals surface area (Å²) in [5.74, 6) is -0.341. The van der Waals surface area contributed by atoms with Crippen molar-refractivity contribution < 1.29 is 4.79 Å². The van der Waals surface area contributed by atoms with Crippen LogP contribution in [0.5, 0.6) is 0 Å². The molecule has 0 aliphatic rings. The molecular formula is C9H18N2O. The third-order valence-electron chi connectivity index (χ3n) is 1.81. The first-order valence-corrected chi connectivity index (χ1v) is 4.27. The van der Waals surface area contributed by atoms with Gasteiger partial charge in [-0.1, -0.05) is 19.4 Å². The molecule has 0 aromatic rings. The molecule has 12 heavy (non-hydrogen) atoms. The summed E-state index contributed by atoms with van der Waals surface area (Å²) in [5, 5.41) is 3.10. The van der Waals surface area contributed by atoms with E-state index in [1.807, 2.05) is 13.1 Å². The van der Waals surface area contributed by atoms with Gasteiger partial charge >= 0.3 is 0 Å². The van der Waals surface area contributed by atoms with E-state index in [4.69, 9.17) is 5.73 Å². The average Bonchev–Trinajstić information content (AvgIpc) is 2.03. The summed E-state index contributed by atoms with van der Waals surface area (Å²) < 4.78 is 0. The average molecular weight is 170 g/mol. The third-order valence-corrected chi connectivity index (χ3v) is 1.81. The summed E-state index contributed by atoms with van der Waals surface area (Å²) in [6.07, 6.45) is 4.00. The molecule has 0 fully saturated rings. The van der Waals surface area contributed by atoms with Crippen molar-refractivity contribution in [2.24, 2.45) is 5.73 Å². The molecule has 0 aliphatic heterocycles. The van der Waals surface area contributed by atoms with Crippen molar-refractivity contribution in [2.75, 3.05) is 7.05 Å². The van der Waals surface area contributed by atoms with Crippen LogP contribution in [-0.4, -0.2) is 19.0 Å². The molecule has 0 bridgehead atoms. The van der Waals surface area contributed by atoms with Crippen molar-refractivity contribution in [3.05, 3.63) is 11.6 Å². The van der Waals surface area contributed by atoms with E-state index in [1.165, 1.54) is 0 Å². The molecule has 0 aromatic heterocycles. The van der Waals surface area contributed by atoms with Gasteiger partial charge in [0.25, 0.3) is 0 Å². The summed E-state index contributed by atoms with van der Waals surface area (Å²) in [4.78, 5) is 10.7. The van der Waals surface area contributed by atoms with Gasteiger partial charge in [0.15, 0.2) is 0 Å². The van der Waals surface area contributed by atoms with Gasteiger partial charge in [-0.25, -0.2) is 0 Å². The maximum atomic E-state index is 10.7. The highest BCUT2D eigenvalue weighted by molar-refractivity contribution is 5.91. The van der Waals surface area contributed by atoms with Crippen LogP contribution in [-0.2, 0) is 4.79 Å². The van der Waals surface area contributed by atoms with E-state index in [-0.39, 0.29) is 11.9 Å². The topological polar surface area (TPSA) is 55.1 Å². The minimum absolute atomic E-state index is 0.266. The van der Waals surface area contributed by atoms with Gasteiger partial charge in [-0.2, -0.15) is 0 Å². The van der Waals surface area contributed by atoms with Crippen LogP contribution < -0.4 is 11.1 Å². The van der Waals surface area contributed by atoms with Gasteiger partial charge in [0.2, 0.25) is 5.91 Å². The van der Waals surface area contributed by atoms with E-state index in [1.54, 1.807) is 6.92 Å². The highest BCUT2D eigenvalue weighted by Gasteiger charge is 2.03. The molecular weight excluding hydrogens is 152 g/mol. The zero-order valence-electron chi connectivity index (χ0n) is 8.05. The lowest BCUT2D eigenvalue weighted by molar-refractivity contribution is -0.114. The number of amides is 1. The van der Waals surface area contributed by atoms with Crippen LogP contribution in [0.3, 0.4) is 0 Å². The number of hydrogen-bond donors (Lipinski definition) is 2. The van der Waals surface area contributed by atoms with Crippen LogP contribution in [0.2, 0.25) is 0 Å². The second kappa shape index (κ2) is 5.77. The van der Waals surface area contributed by atoms with E-state index in [0.29, 0.717) is 5.57 Å². The molecule has 3 nitrogen and oxygen atoms in total. The fourth-order valence-corrected chi connectivity index (χ4v) is 1.01. The van der Waals surface area contributed by atoms with Gasteiger partial charge in [0, 0.05) is 11.6 Å². The number of carbonyl (C=O) groups excluding carboxylic acids is 1. The predicted octanol–water partition coefficient (Wildman–Crippen LogP) is 0.806. The van der Waals surface area contributed by atoms with Gasteiger partial charge in [-0.05, 0) is 20.4 Å². The summed E-state index contributed by atoms with van der Waals surface area (Å²) in [5.41, 5.74) is 5.73. The first-order valence-electron chi connectivity index (χ1n) is 4.27. The Hall–Kier alpha value is -0.830. The number of likely N-dealkylation sites (N-methyl/N-ethyl adjacent to an activating group) is 1. The number of nitrogens with two attached hydrogens (primary N) is 1. The lowest BCUT2D eigenvalue weighted by Crippen LogP contribution is -2.24. The second-order valence-electron chi connectivity index (χ2n) is 2.90. The SMILES string of the molecule is CCCC(C=C(C)C(N)=O)NC. The van der Waals surface area contributed by atoms with Crippen molar-refractivity contribution in [1.82, 2.24) is 5.32 Å². The van der Waals surface area contributed by atoms with E-state index >= 15 is 0 Å². The van der Waals surface area contributed by atoms with Gasteiger partial charge in [-0.15, -0.1) is 0 Å². The third kappa shape index (κ3) is 4.13. The maximum absolute atomic E-state index is 10.7. The van der Waals surface area contributed by atoms with Crippen molar-refractivity contribution >= 4 is 5.91 Å². The summed E-state index contributed by atoms with van der Waals surface area (Å²) in [7, 11) is 1.88. The molecule has 1 atom stereocenters. The molecule has 0 saturated carbocycles. The smallest absolute Gasteiger partial charge is 0.244 e. The van der Waals surface area contributed by atoms with Gasteiger partial charge in [0.1, 0.15) is 0 Å². The molecule has 3 heteroatoms. The zero-order chi connectivity index (χ0) is 9.56. The normalized spacial score (nSPS) is 14.4. The Morgan fingerprint density at radius 3 is 2.58 bits per heavy atom. The Morgan fingerprint density at radius 1 is 1.67 bits per heavy atom. The van der Waals surface area contributed by atoms with Crippen molar-refractivity contribution in [3.8, 4) is 0 Å². The molecule has 0 aliphatic carbocycles. The minimum atomic E-state index is -0.341. The van der Waals surface area contributed by atoms with Gasteiger partial charge in [0.05, 0.1) is 0 Å². The first kappa shape index (κ1) is 11.2. The predicted molar refractivity (Wildman–Crippen MR) is 50.7 cm³/mol. The molecule has 0 saturated heterocycles. The fraction of sp³-hybridized carbons (Fsp3) is 0.667. The van der Waals surface area contributed by atoms with Crippen LogP contribution in [0, 0.1) is 0 Å². The van der Waals surface area contributed by atoms with Crippen LogP contribution in [0.4, 0.5) is 0 Å². The Kier molecular flexibility index (Phi) is 5.37. The van der Waals surface area contributed by atoms with Crippen molar-refractivity contribution in [1.29, 1.82) is 0 Å². The van der Waals surface area contributed by atoms with Crippen LogP contribution in [0.15, 0.2) is 11.6 Å². The largest absolute Gasteiger partial charge is 0.366 e. The molecule has 0 aromatic carbocycles. The fourth-order valence-electron chi connectivity index (χ4n) is 1.01. The molecule has 0 radical (unpaired) electrons. The van der Waals surface area contributed by atoms with E-state index in [9.17, 15) is 4.79 Å². The van der Waals surface area contributed by atoms with E-state index in [2.05, 4.69) is 12.2 Å². The summed E-state index contributed by atoms with van der Waals surface area (Å²) in [6, 6.07) is 0.266. The molecule has 0 spiro atoms. The highest BCUT2D eigenvalue weighted by atomic mass is 16.1. The molecule has 1 amide bonds. The Labute approximate surface area is 74.0 Å². The Bertz CT molecular complexity index is 175. The molecule has 0 rings (SSSR count). The van der Waals surface area contributed by atoms with E-state index < -0.39 is 0 Å². The second-order valence-corrected chi connectivity index (χ2v) is 2.90. The van der Waals surface area contributed by atoms with E-state index in [0.717, 1.165) is 12.8 Å². The highest BCUT2D eigenvalue weighted by Crippen LogP contribution is 2.01. The zero-order valence-corrected chi connectivity index (χ0v) is 8.05. The summed E-state index contributed by atoms with van der Waals surface area (Å²) >= 11 is 0. The molecule has 1 unspecified atom stereocenters. The lowest BCUT2D eigenvalue weighted by Gasteiger charge is -2.10. The molecule has 3 N–H and O–H groups in total. The van der Waals surface area contributed by atoms with Gasteiger partial charge in [-0.3, -0.25) is 4.79 Å². The Morgan fingerprint density at radius 2 is 2.25 bits per heavy atom. The lowest BCUT2D eigenvalue weighted by atomic mass is 10.1. The number of hydrogen-bond acceptors (Lipinski definition) is 2. The van der Waals surface area contributed by atoms with Crippen LogP contribution >= 0.6 is 0 Å². The molecule has 70 valence electrons. The number of primary amides is 1. The quantitative estimate of drug-likeness (QED) is 0.600. The van der Waals surface area contributed by atoms with Crippen LogP contribution in [0.25, 0.3) is 0 Å². The number of nitrogens with one attached hydrogen (secondary N) is 1. The van der Waals surface area contributed by atoms with Crippen LogP contribution in [0.1, 0.15) is 26.7 Å². The Balaban J connectivity index is 4.14. The number of rotatable bonds is 5. The summed E-state index contributed by atoms with van der Waals surface area (Å²) in [6.45, 7) is 3.85. The monoisotopic (exact) mass is 170 g/mol. The first-order chi connectivity index (χ1) is 5.61. The molecule has 0 heterocycles.